The van der Waals surface area contributed by atoms with Gasteiger partial charge in [-0.15, -0.1) is 0 Å². The van der Waals surface area contributed by atoms with E-state index in [1.54, 1.807) is 6.07 Å². The van der Waals surface area contributed by atoms with Crippen LogP contribution in [0.5, 0.6) is 0 Å². The third-order valence-electron chi connectivity index (χ3n) is 3.45. The molecule has 1 saturated heterocycles. The Kier molecular flexibility index (Phi) is 5.39. The van der Waals surface area contributed by atoms with Gasteiger partial charge >= 0.3 is 6.18 Å². The van der Waals surface area contributed by atoms with Crippen molar-refractivity contribution in [2.24, 2.45) is 0 Å². The van der Waals surface area contributed by atoms with Crippen molar-refractivity contribution < 1.29 is 13.2 Å². The highest BCUT2D eigenvalue weighted by atomic mass is 19.4. The number of hydrogen-bond acceptors (Lipinski definition) is 3. The maximum atomic E-state index is 12.8. The summed E-state index contributed by atoms with van der Waals surface area (Å²) in [5.74, 6) is 0. The number of benzene rings is 1. The number of rotatable bonds is 5. The number of nitrogens with one attached hydrogen (secondary N) is 2. The average molecular weight is 287 g/mol. The Morgan fingerprint density at radius 3 is 2.55 bits per heavy atom. The molecule has 2 N–H and O–H groups in total. The molecule has 0 aliphatic carbocycles. The van der Waals surface area contributed by atoms with Crippen LogP contribution < -0.4 is 10.6 Å². The van der Waals surface area contributed by atoms with Crippen LogP contribution in [0.1, 0.15) is 11.1 Å². The first kappa shape index (κ1) is 15.3. The summed E-state index contributed by atoms with van der Waals surface area (Å²) >= 11 is 0. The van der Waals surface area contributed by atoms with Crippen molar-refractivity contribution in [3.8, 4) is 0 Å². The van der Waals surface area contributed by atoms with E-state index in [9.17, 15) is 13.2 Å². The van der Waals surface area contributed by atoms with Gasteiger partial charge in [-0.2, -0.15) is 13.2 Å². The van der Waals surface area contributed by atoms with Crippen molar-refractivity contribution in [2.75, 3.05) is 39.3 Å². The first-order valence-electron chi connectivity index (χ1n) is 6.86. The van der Waals surface area contributed by atoms with E-state index in [4.69, 9.17) is 0 Å². The van der Waals surface area contributed by atoms with Gasteiger partial charge in [-0.05, 0) is 11.6 Å². The Hall–Kier alpha value is -1.11. The largest absolute Gasteiger partial charge is 0.416 e. The highest BCUT2D eigenvalue weighted by Crippen LogP contribution is 2.31. The molecule has 1 fully saturated rings. The standard InChI is InChI=1S/C14H20F3N3/c15-14(16,17)13-4-2-1-3-12(13)11-19-7-10-20-8-5-18-6-9-20/h1-4,18-19H,5-11H2. The lowest BCUT2D eigenvalue weighted by Crippen LogP contribution is -2.45. The number of alkyl halides is 3. The summed E-state index contributed by atoms with van der Waals surface area (Å²) < 4.78 is 38.4. The SMILES string of the molecule is FC(F)(F)c1ccccc1CNCCN1CCNCC1. The number of hydrogen-bond donors (Lipinski definition) is 2. The summed E-state index contributed by atoms with van der Waals surface area (Å²) in [4.78, 5) is 2.30. The monoisotopic (exact) mass is 287 g/mol. The second-order valence-corrected chi connectivity index (χ2v) is 4.92. The van der Waals surface area contributed by atoms with E-state index >= 15 is 0 Å². The van der Waals surface area contributed by atoms with E-state index < -0.39 is 11.7 Å². The molecule has 6 heteroatoms. The lowest BCUT2D eigenvalue weighted by atomic mass is 10.1. The molecule has 1 aliphatic rings. The van der Waals surface area contributed by atoms with Gasteiger partial charge < -0.3 is 10.6 Å². The lowest BCUT2D eigenvalue weighted by Gasteiger charge is -2.27. The fourth-order valence-electron chi connectivity index (χ4n) is 2.35. The second-order valence-electron chi connectivity index (χ2n) is 4.92. The second kappa shape index (κ2) is 7.06. The van der Waals surface area contributed by atoms with Gasteiger partial charge in [0.15, 0.2) is 0 Å². The summed E-state index contributed by atoms with van der Waals surface area (Å²) in [7, 11) is 0. The predicted octanol–water partition coefficient (Wildman–Crippen LogP) is 1.70. The molecule has 0 spiro atoms. The fourth-order valence-corrected chi connectivity index (χ4v) is 2.35. The molecule has 0 bridgehead atoms. The van der Waals surface area contributed by atoms with Crippen LogP contribution in [0.3, 0.4) is 0 Å². The topological polar surface area (TPSA) is 27.3 Å². The molecule has 1 aromatic carbocycles. The summed E-state index contributed by atoms with van der Waals surface area (Å²) in [5, 5.41) is 6.37. The molecule has 2 rings (SSSR count). The van der Waals surface area contributed by atoms with Crippen molar-refractivity contribution in [3.63, 3.8) is 0 Å². The van der Waals surface area contributed by atoms with Crippen molar-refractivity contribution >= 4 is 0 Å². The Bertz CT molecular complexity index is 414. The Morgan fingerprint density at radius 2 is 1.85 bits per heavy atom. The van der Waals surface area contributed by atoms with Gasteiger partial charge in [0.05, 0.1) is 5.56 Å². The number of halogens is 3. The zero-order valence-electron chi connectivity index (χ0n) is 11.3. The summed E-state index contributed by atoms with van der Waals surface area (Å²) in [5.41, 5.74) is -0.241. The van der Waals surface area contributed by atoms with E-state index in [-0.39, 0.29) is 6.54 Å². The molecule has 20 heavy (non-hydrogen) atoms. The Balaban J connectivity index is 1.79. The van der Waals surface area contributed by atoms with Crippen LogP contribution in [-0.4, -0.2) is 44.2 Å². The van der Waals surface area contributed by atoms with Crippen molar-refractivity contribution in [2.45, 2.75) is 12.7 Å². The zero-order chi connectivity index (χ0) is 14.4. The van der Waals surface area contributed by atoms with Gasteiger partial charge in [-0.25, -0.2) is 0 Å². The van der Waals surface area contributed by atoms with Crippen molar-refractivity contribution in [1.29, 1.82) is 0 Å². The molecular formula is C14H20F3N3. The van der Waals surface area contributed by atoms with Crippen molar-refractivity contribution in [3.05, 3.63) is 35.4 Å². The highest BCUT2D eigenvalue weighted by Gasteiger charge is 2.32. The van der Waals surface area contributed by atoms with Gasteiger partial charge in [0.25, 0.3) is 0 Å². The van der Waals surface area contributed by atoms with Gasteiger partial charge in [0.1, 0.15) is 0 Å². The molecule has 112 valence electrons. The molecule has 0 atom stereocenters. The van der Waals surface area contributed by atoms with Gasteiger partial charge in [0.2, 0.25) is 0 Å². The third kappa shape index (κ3) is 4.47. The van der Waals surface area contributed by atoms with Crippen LogP contribution in [0.2, 0.25) is 0 Å². The molecule has 1 aromatic rings. The van der Waals surface area contributed by atoms with Crippen LogP contribution in [-0.2, 0) is 12.7 Å². The zero-order valence-corrected chi connectivity index (χ0v) is 11.3. The quantitative estimate of drug-likeness (QED) is 0.807. The average Bonchev–Trinajstić information content (AvgIpc) is 2.44. The predicted molar refractivity (Wildman–Crippen MR) is 72.5 cm³/mol. The van der Waals surface area contributed by atoms with E-state index in [1.807, 2.05) is 0 Å². The van der Waals surface area contributed by atoms with Crippen LogP contribution in [0.4, 0.5) is 13.2 Å². The summed E-state index contributed by atoms with van der Waals surface area (Å²) in [6.45, 7) is 5.79. The van der Waals surface area contributed by atoms with E-state index in [0.29, 0.717) is 12.1 Å². The number of piperazine rings is 1. The van der Waals surface area contributed by atoms with Gasteiger partial charge in [0, 0.05) is 45.8 Å². The first-order chi connectivity index (χ1) is 9.57. The van der Waals surface area contributed by atoms with Crippen LogP contribution in [0.15, 0.2) is 24.3 Å². The van der Waals surface area contributed by atoms with E-state index in [2.05, 4.69) is 15.5 Å². The normalized spacial score (nSPS) is 17.4. The minimum atomic E-state index is -4.28. The molecule has 0 saturated carbocycles. The van der Waals surface area contributed by atoms with Crippen molar-refractivity contribution in [1.82, 2.24) is 15.5 Å². The van der Waals surface area contributed by atoms with E-state index in [1.165, 1.54) is 12.1 Å². The summed E-state index contributed by atoms with van der Waals surface area (Å²) in [6.07, 6.45) is -4.28. The maximum absolute atomic E-state index is 12.8. The number of nitrogens with zero attached hydrogens (tertiary/aromatic N) is 1. The fraction of sp³-hybridized carbons (Fsp3) is 0.571. The maximum Gasteiger partial charge on any atom is 0.416 e. The van der Waals surface area contributed by atoms with Crippen LogP contribution in [0, 0.1) is 0 Å². The van der Waals surface area contributed by atoms with Gasteiger partial charge in [-0.3, -0.25) is 4.90 Å². The van der Waals surface area contributed by atoms with Gasteiger partial charge in [-0.1, -0.05) is 18.2 Å². The molecule has 0 amide bonds. The first-order valence-corrected chi connectivity index (χ1v) is 6.86. The molecule has 1 heterocycles. The molecule has 0 radical (unpaired) electrons. The van der Waals surface area contributed by atoms with E-state index in [0.717, 1.165) is 38.8 Å². The Morgan fingerprint density at radius 1 is 1.15 bits per heavy atom. The molecule has 1 aliphatic heterocycles. The van der Waals surface area contributed by atoms with Crippen LogP contribution in [0.25, 0.3) is 0 Å². The van der Waals surface area contributed by atoms with Crippen LogP contribution >= 0.6 is 0 Å². The minimum Gasteiger partial charge on any atom is -0.314 e. The smallest absolute Gasteiger partial charge is 0.314 e. The Labute approximate surface area is 117 Å². The molecule has 3 nitrogen and oxygen atoms in total. The molecular weight excluding hydrogens is 267 g/mol. The molecule has 0 unspecified atom stereocenters. The lowest BCUT2D eigenvalue weighted by molar-refractivity contribution is -0.138. The molecule has 0 aromatic heterocycles. The highest BCUT2D eigenvalue weighted by molar-refractivity contribution is 5.29. The summed E-state index contributed by atoms with van der Waals surface area (Å²) in [6, 6.07) is 5.73. The third-order valence-corrected chi connectivity index (χ3v) is 3.45. The minimum absolute atomic E-state index is 0.252.